The molecule has 0 fully saturated rings. The van der Waals surface area contributed by atoms with Gasteiger partial charge in [0, 0.05) is 13.2 Å². The van der Waals surface area contributed by atoms with E-state index in [1.807, 2.05) is 6.92 Å². The molecule has 0 rings (SSSR count). The maximum atomic E-state index is 9.57. The van der Waals surface area contributed by atoms with Crippen molar-refractivity contribution in [3.8, 4) is 0 Å². The number of unbranched alkanes of at least 4 members (excludes halogenated alkanes) is 1. The molecule has 0 radical (unpaired) electrons. The van der Waals surface area contributed by atoms with Gasteiger partial charge in [-0.25, -0.2) is 9.79 Å². The standard InChI is InChI=1S/C7H13NO2/c1-2-10-6-4-3-5-8-7-9/h2-6H2,1H3. The normalized spacial score (nSPS) is 8.90. The predicted octanol–water partition coefficient (Wildman–Crippen LogP) is 1.14. The molecule has 0 bridgehead atoms. The lowest BCUT2D eigenvalue weighted by Gasteiger charge is -1.96. The zero-order chi connectivity index (χ0) is 7.66. The first-order valence-corrected chi connectivity index (χ1v) is 3.53. The van der Waals surface area contributed by atoms with Crippen LogP contribution in [0.1, 0.15) is 19.8 Å². The average molecular weight is 143 g/mol. The summed E-state index contributed by atoms with van der Waals surface area (Å²) in [6, 6.07) is 0. The molecular formula is C7H13NO2. The summed E-state index contributed by atoms with van der Waals surface area (Å²) in [6.07, 6.45) is 3.38. The minimum atomic E-state index is 0.580. The van der Waals surface area contributed by atoms with Crippen LogP contribution in [0.3, 0.4) is 0 Å². The number of aliphatic imine (C=N–C) groups is 1. The van der Waals surface area contributed by atoms with Gasteiger partial charge in [-0.05, 0) is 19.8 Å². The molecule has 0 spiro atoms. The van der Waals surface area contributed by atoms with E-state index in [0.717, 1.165) is 26.1 Å². The average Bonchev–Trinajstić information content (AvgIpc) is 1.97. The quantitative estimate of drug-likeness (QED) is 0.317. The second-order valence-corrected chi connectivity index (χ2v) is 1.88. The maximum Gasteiger partial charge on any atom is 0.234 e. The summed E-state index contributed by atoms with van der Waals surface area (Å²) >= 11 is 0. The summed E-state index contributed by atoms with van der Waals surface area (Å²) in [7, 11) is 0. The van der Waals surface area contributed by atoms with Gasteiger partial charge in [0.2, 0.25) is 6.08 Å². The second-order valence-electron chi connectivity index (χ2n) is 1.88. The molecule has 0 unspecified atom stereocenters. The number of ether oxygens (including phenoxy) is 1. The lowest BCUT2D eigenvalue weighted by molar-refractivity contribution is 0.144. The van der Waals surface area contributed by atoms with Gasteiger partial charge in [0.1, 0.15) is 0 Å². The van der Waals surface area contributed by atoms with Crippen LogP contribution in [0.15, 0.2) is 4.99 Å². The fraction of sp³-hybridized carbons (Fsp3) is 0.857. The third kappa shape index (κ3) is 7.34. The SMILES string of the molecule is CCOCCCCN=C=O. The van der Waals surface area contributed by atoms with Crippen LogP contribution in [0.25, 0.3) is 0 Å². The molecule has 0 aliphatic heterocycles. The summed E-state index contributed by atoms with van der Waals surface area (Å²) in [5, 5.41) is 0. The highest BCUT2D eigenvalue weighted by Gasteiger charge is 1.85. The number of hydrogen-bond acceptors (Lipinski definition) is 3. The molecule has 0 aromatic rings. The lowest BCUT2D eigenvalue weighted by atomic mass is 10.3. The maximum absolute atomic E-state index is 9.57. The fourth-order valence-corrected chi connectivity index (χ4v) is 0.585. The Hall–Kier alpha value is -0.660. The molecule has 0 N–H and O–H groups in total. The fourth-order valence-electron chi connectivity index (χ4n) is 0.585. The van der Waals surface area contributed by atoms with E-state index in [1.165, 1.54) is 6.08 Å². The monoisotopic (exact) mass is 143 g/mol. The Morgan fingerprint density at radius 2 is 2.30 bits per heavy atom. The Morgan fingerprint density at radius 3 is 2.90 bits per heavy atom. The Bertz CT molecular complexity index is 108. The van der Waals surface area contributed by atoms with Crippen molar-refractivity contribution in [1.29, 1.82) is 0 Å². The topological polar surface area (TPSA) is 38.7 Å². The molecule has 0 saturated heterocycles. The Balaban J connectivity index is 2.83. The van der Waals surface area contributed by atoms with Crippen molar-refractivity contribution >= 4 is 6.08 Å². The van der Waals surface area contributed by atoms with E-state index in [-0.39, 0.29) is 0 Å². The number of isocyanates is 1. The predicted molar refractivity (Wildman–Crippen MR) is 38.7 cm³/mol. The smallest absolute Gasteiger partial charge is 0.234 e. The van der Waals surface area contributed by atoms with Gasteiger partial charge in [0.15, 0.2) is 0 Å². The van der Waals surface area contributed by atoms with Crippen LogP contribution < -0.4 is 0 Å². The van der Waals surface area contributed by atoms with Crippen molar-refractivity contribution in [2.75, 3.05) is 19.8 Å². The van der Waals surface area contributed by atoms with E-state index in [0.29, 0.717) is 6.54 Å². The first-order valence-electron chi connectivity index (χ1n) is 3.53. The molecule has 0 aliphatic carbocycles. The van der Waals surface area contributed by atoms with Gasteiger partial charge in [0.05, 0.1) is 6.54 Å². The van der Waals surface area contributed by atoms with Crippen LogP contribution in [0.4, 0.5) is 0 Å². The molecule has 10 heavy (non-hydrogen) atoms. The van der Waals surface area contributed by atoms with Crippen molar-refractivity contribution < 1.29 is 9.53 Å². The molecule has 0 aliphatic rings. The molecule has 58 valence electrons. The molecule has 0 saturated carbocycles. The lowest BCUT2D eigenvalue weighted by Crippen LogP contribution is -1.93. The zero-order valence-electron chi connectivity index (χ0n) is 6.30. The highest BCUT2D eigenvalue weighted by molar-refractivity contribution is 5.32. The van der Waals surface area contributed by atoms with Crippen LogP contribution in [-0.4, -0.2) is 25.8 Å². The highest BCUT2D eigenvalue weighted by Crippen LogP contribution is 1.89. The van der Waals surface area contributed by atoms with Crippen molar-refractivity contribution in [1.82, 2.24) is 0 Å². The van der Waals surface area contributed by atoms with Crippen molar-refractivity contribution in [3.63, 3.8) is 0 Å². The Kier molecular flexibility index (Phi) is 7.79. The van der Waals surface area contributed by atoms with Crippen LogP contribution in [0.5, 0.6) is 0 Å². The van der Waals surface area contributed by atoms with E-state index in [4.69, 9.17) is 4.74 Å². The van der Waals surface area contributed by atoms with E-state index in [2.05, 4.69) is 4.99 Å². The van der Waals surface area contributed by atoms with Crippen LogP contribution in [0.2, 0.25) is 0 Å². The molecule has 0 aromatic carbocycles. The summed E-state index contributed by atoms with van der Waals surface area (Å²) in [6.45, 7) is 4.07. The van der Waals surface area contributed by atoms with Crippen molar-refractivity contribution in [3.05, 3.63) is 0 Å². The third-order valence-electron chi connectivity index (χ3n) is 1.08. The Labute approximate surface area is 61.1 Å². The number of rotatable bonds is 6. The van der Waals surface area contributed by atoms with Gasteiger partial charge >= 0.3 is 0 Å². The third-order valence-corrected chi connectivity index (χ3v) is 1.08. The first kappa shape index (κ1) is 9.34. The largest absolute Gasteiger partial charge is 0.382 e. The first-order chi connectivity index (χ1) is 4.91. The molecule has 0 atom stereocenters. The molecule has 0 heterocycles. The van der Waals surface area contributed by atoms with Gasteiger partial charge in [-0.2, -0.15) is 0 Å². The molecule has 0 amide bonds. The van der Waals surface area contributed by atoms with E-state index < -0.39 is 0 Å². The van der Waals surface area contributed by atoms with Crippen LogP contribution >= 0.6 is 0 Å². The number of carbonyl (C=O) groups excluding carboxylic acids is 1. The van der Waals surface area contributed by atoms with Crippen LogP contribution in [-0.2, 0) is 9.53 Å². The van der Waals surface area contributed by atoms with Gasteiger partial charge in [-0.15, -0.1) is 0 Å². The Morgan fingerprint density at radius 1 is 1.50 bits per heavy atom. The second kappa shape index (κ2) is 8.34. The summed E-state index contributed by atoms with van der Waals surface area (Å²) in [4.78, 5) is 13.0. The summed E-state index contributed by atoms with van der Waals surface area (Å²) < 4.78 is 5.07. The van der Waals surface area contributed by atoms with E-state index in [9.17, 15) is 4.79 Å². The van der Waals surface area contributed by atoms with Gasteiger partial charge in [-0.1, -0.05) is 0 Å². The van der Waals surface area contributed by atoms with Gasteiger partial charge in [-0.3, -0.25) is 0 Å². The number of nitrogens with zero attached hydrogens (tertiary/aromatic N) is 1. The van der Waals surface area contributed by atoms with Crippen molar-refractivity contribution in [2.45, 2.75) is 19.8 Å². The molecule has 3 nitrogen and oxygen atoms in total. The molecule has 3 heteroatoms. The summed E-state index contributed by atoms with van der Waals surface area (Å²) in [5.74, 6) is 0. The molecular weight excluding hydrogens is 130 g/mol. The zero-order valence-corrected chi connectivity index (χ0v) is 6.30. The number of hydrogen-bond donors (Lipinski definition) is 0. The highest BCUT2D eigenvalue weighted by atomic mass is 16.5. The van der Waals surface area contributed by atoms with E-state index >= 15 is 0 Å². The van der Waals surface area contributed by atoms with Gasteiger partial charge < -0.3 is 4.74 Å². The molecule has 0 aromatic heterocycles. The minimum Gasteiger partial charge on any atom is -0.382 e. The van der Waals surface area contributed by atoms with Gasteiger partial charge in [0.25, 0.3) is 0 Å². The summed E-state index contributed by atoms with van der Waals surface area (Å²) in [5.41, 5.74) is 0. The van der Waals surface area contributed by atoms with E-state index in [1.54, 1.807) is 0 Å². The van der Waals surface area contributed by atoms with Crippen LogP contribution in [0, 0.1) is 0 Å². The van der Waals surface area contributed by atoms with Crippen molar-refractivity contribution in [2.24, 2.45) is 4.99 Å². The minimum absolute atomic E-state index is 0.580.